The Morgan fingerprint density at radius 3 is 2.32 bits per heavy atom. The van der Waals surface area contributed by atoms with Gasteiger partial charge in [0.2, 0.25) is 0 Å². The number of rotatable bonds is 6. The van der Waals surface area contributed by atoms with Crippen molar-refractivity contribution in [2.24, 2.45) is 10.4 Å². The van der Waals surface area contributed by atoms with Crippen molar-refractivity contribution in [3.05, 3.63) is 74.5 Å². The Kier molecular flexibility index (Phi) is 6.13. The lowest BCUT2D eigenvalue weighted by Gasteiger charge is -2.39. The standard InChI is InChI=1S/C20H22N2O6/c1-11-5-7-12(8-6-11)9-13-3-2-4-14(18(13)24)20-17(22-27)19(25)16(21-26)15(10-23)28-20/h2-8,15-17,19-20,23-25H,9-10H2,1H3/t15?,16-,17-,19+,20+/m1/s1. The molecule has 1 aliphatic rings. The van der Waals surface area contributed by atoms with Crippen LogP contribution in [0, 0.1) is 16.7 Å². The number of aryl methyl sites for hydroxylation is 1. The predicted molar refractivity (Wildman–Crippen MR) is 102 cm³/mol. The van der Waals surface area contributed by atoms with E-state index in [-0.39, 0.29) is 11.3 Å². The topological polar surface area (TPSA) is 129 Å². The van der Waals surface area contributed by atoms with E-state index >= 15 is 0 Å². The zero-order chi connectivity index (χ0) is 20.3. The third-order valence-electron chi connectivity index (χ3n) is 5.11. The zero-order valence-electron chi connectivity index (χ0n) is 15.3. The Morgan fingerprint density at radius 2 is 1.71 bits per heavy atom. The van der Waals surface area contributed by atoms with Crippen LogP contribution in [-0.2, 0) is 11.2 Å². The van der Waals surface area contributed by atoms with E-state index in [1.165, 1.54) is 0 Å². The monoisotopic (exact) mass is 386 g/mol. The summed E-state index contributed by atoms with van der Waals surface area (Å²) in [6.07, 6.45) is -3.28. The van der Waals surface area contributed by atoms with Crippen molar-refractivity contribution in [1.29, 1.82) is 0 Å². The van der Waals surface area contributed by atoms with Crippen LogP contribution in [-0.4, -0.2) is 46.2 Å². The van der Waals surface area contributed by atoms with Gasteiger partial charge in [-0.15, -0.1) is 0 Å². The first kappa shape index (κ1) is 20.1. The van der Waals surface area contributed by atoms with E-state index in [2.05, 4.69) is 10.4 Å². The van der Waals surface area contributed by atoms with Crippen molar-refractivity contribution in [2.45, 2.75) is 43.7 Å². The normalized spacial score (nSPS) is 27.3. The smallest absolute Gasteiger partial charge is 0.150 e. The van der Waals surface area contributed by atoms with E-state index in [0.717, 1.165) is 11.1 Å². The van der Waals surface area contributed by atoms with Gasteiger partial charge in [0.05, 0.1) is 6.61 Å². The van der Waals surface area contributed by atoms with Gasteiger partial charge >= 0.3 is 0 Å². The fourth-order valence-electron chi connectivity index (χ4n) is 3.52. The van der Waals surface area contributed by atoms with Gasteiger partial charge in [-0.05, 0) is 18.1 Å². The van der Waals surface area contributed by atoms with Gasteiger partial charge in [-0.1, -0.05) is 58.4 Å². The van der Waals surface area contributed by atoms with Gasteiger partial charge in [0, 0.05) is 12.0 Å². The molecule has 8 heteroatoms. The molecule has 1 heterocycles. The van der Waals surface area contributed by atoms with E-state index in [9.17, 15) is 25.1 Å². The highest BCUT2D eigenvalue weighted by atomic mass is 16.5. The average Bonchev–Trinajstić information content (AvgIpc) is 2.70. The van der Waals surface area contributed by atoms with Crippen molar-refractivity contribution >= 4 is 0 Å². The number of aliphatic hydroxyl groups is 2. The molecule has 1 saturated heterocycles. The number of phenolic OH excluding ortho intramolecular Hbond substituents is 1. The van der Waals surface area contributed by atoms with E-state index in [1.54, 1.807) is 18.2 Å². The fraction of sp³-hybridized carbons (Fsp3) is 0.400. The van der Waals surface area contributed by atoms with Gasteiger partial charge in [-0.2, -0.15) is 9.81 Å². The molecule has 1 fully saturated rings. The summed E-state index contributed by atoms with van der Waals surface area (Å²) in [5.74, 6) is -0.0804. The first-order valence-electron chi connectivity index (χ1n) is 8.95. The molecule has 1 unspecified atom stereocenters. The van der Waals surface area contributed by atoms with Crippen LogP contribution in [0.5, 0.6) is 5.75 Å². The molecule has 28 heavy (non-hydrogen) atoms. The molecule has 2 aromatic rings. The molecule has 0 aliphatic carbocycles. The summed E-state index contributed by atoms with van der Waals surface area (Å²) < 4.78 is 5.64. The van der Waals surface area contributed by atoms with Gasteiger partial charge < -0.3 is 20.1 Å². The maximum absolute atomic E-state index is 11.4. The zero-order valence-corrected chi connectivity index (χ0v) is 15.3. The van der Waals surface area contributed by atoms with Gasteiger partial charge in [0.25, 0.3) is 0 Å². The summed E-state index contributed by atoms with van der Waals surface area (Å²) in [5.41, 5.74) is 2.99. The molecule has 0 aromatic heterocycles. The molecular formula is C20H22N2O6. The lowest BCUT2D eigenvalue weighted by Crippen LogP contribution is -2.53. The number of nitroso groups, excluding NO2 is 2. The molecule has 0 spiro atoms. The summed E-state index contributed by atoms with van der Waals surface area (Å²) in [4.78, 5) is 22.4. The highest BCUT2D eigenvalue weighted by Gasteiger charge is 2.48. The first-order valence-corrected chi connectivity index (χ1v) is 8.95. The molecule has 0 amide bonds. The van der Waals surface area contributed by atoms with E-state index in [0.29, 0.717) is 12.0 Å². The van der Waals surface area contributed by atoms with Crippen molar-refractivity contribution in [3.63, 3.8) is 0 Å². The van der Waals surface area contributed by atoms with Crippen LogP contribution < -0.4 is 0 Å². The van der Waals surface area contributed by atoms with Crippen LogP contribution in [0.2, 0.25) is 0 Å². The second-order valence-corrected chi connectivity index (χ2v) is 6.98. The number of ether oxygens (including phenoxy) is 1. The Labute approximate surface area is 161 Å². The maximum atomic E-state index is 11.4. The third-order valence-corrected chi connectivity index (χ3v) is 5.11. The van der Waals surface area contributed by atoms with Crippen LogP contribution in [0.15, 0.2) is 52.8 Å². The summed E-state index contributed by atoms with van der Waals surface area (Å²) >= 11 is 0. The first-order chi connectivity index (χ1) is 13.5. The Morgan fingerprint density at radius 1 is 1.04 bits per heavy atom. The fourth-order valence-corrected chi connectivity index (χ4v) is 3.52. The highest BCUT2D eigenvalue weighted by molar-refractivity contribution is 5.45. The number of hydrogen-bond acceptors (Lipinski definition) is 8. The average molecular weight is 386 g/mol. The number of benzene rings is 2. The van der Waals surface area contributed by atoms with E-state index in [1.807, 2.05) is 31.2 Å². The minimum atomic E-state index is -1.52. The van der Waals surface area contributed by atoms with Crippen LogP contribution in [0.1, 0.15) is 28.4 Å². The number of nitrogens with zero attached hydrogens (tertiary/aromatic N) is 2. The number of hydrogen-bond donors (Lipinski definition) is 3. The van der Waals surface area contributed by atoms with Gasteiger partial charge in [-0.25, -0.2) is 0 Å². The second-order valence-electron chi connectivity index (χ2n) is 6.98. The molecule has 2 aromatic carbocycles. The molecule has 8 nitrogen and oxygen atoms in total. The minimum absolute atomic E-state index is 0.0804. The molecule has 148 valence electrons. The van der Waals surface area contributed by atoms with Gasteiger partial charge in [0.15, 0.2) is 6.04 Å². The maximum Gasteiger partial charge on any atom is 0.150 e. The third kappa shape index (κ3) is 3.80. The quantitative estimate of drug-likeness (QED) is 0.654. The summed E-state index contributed by atoms with van der Waals surface area (Å²) in [6, 6.07) is 10.2. The highest BCUT2D eigenvalue weighted by Crippen LogP contribution is 2.40. The predicted octanol–water partition coefficient (Wildman–Crippen LogP) is 2.35. The number of aromatic hydroxyl groups is 1. The van der Waals surface area contributed by atoms with Crippen LogP contribution in [0.4, 0.5) is 0 Å². The lowest BCUT2D eigenvalue weighted by molar-refractivity contribution is -0.137. The Balaban J connectivity index is 1.94. The summed E-state index contributed by atoms with van der Waals surface area (Å²) in [6.45, 7) is 1.42. The number of phenols is 1. The number of aliphatic hydroxyl groups excluding tert-OH is 2. The van der Waals surface area contributed by atoms with Crippen LogP contribution in [0.3, 0.4) is 0 Å². The SMILES string of the molecule is Cc1ccc(Cc2cccc([C@@H]3OC(CO)[C@@H](N=O)[C@H](O)[C@H]3N=O)c2O)cc1. The lowest BCUT2D eigenvalue weighted by atomic mass is 9.87. The van der Waals surface area contributed by atoms with Crippen LogP contribution >= 0.6 is 0 Å². The Bertz CT molecular complexity index is 841. The summed E-state index contributed by atoms with van der Waals surface area (Å²) in [7, 11) is 0. The molecule has 3 N–H and O–H groups in total. The van der Waals surface area contributed by atoms with Gasteiger partial charge in [0.1, 0.15) is 30.1 Å². The van der Waals surface area contributed by atoms with E-state index in [4.69, 9.17) is 4.74 Å². The second kappa shape index (κ2) is 8.55. The van der Waals surface area contributed by atoms with Crippen molar-refractivity contribution in [3.8, 4) is 5.75 Å². The van der Waals surface area contributed by atoms with Crippen molar-refractivity contribution in [1.82, 2.24) is 0 Å². The molecular weight excluding hydrogens is 364 g/mol. The minimum Gasteiger partial charge on any atom is -0.507 e. The van der Waals surface area contributed by atoms with Crippen molar-refractivity contribution < 1.29 is 20.1 Å². The van der Waals surface area contributed by atoms with E-state index < -0.39 is 37.0 Å². The largest absolute Gasteiger partial charge is 0.507 e. The molecule has 1 aliphatic heterocycles. The molecule has 0 saturated carbocycles. The van der Waals surface area contributed by atoms with Crippen molar-refractivity contribution in [2.75, 3.05) is 6.61 Å². The molecule has 5 atom stereocenters. The van der Waals surface area contributed by atoms with Crippen LogP contribution in [0.25, 0.3) is 0 Å². The van der Waals surface area contributed by atoms with Gasteiger partial charge in [-0.3, -0.25) is 0 Å². The number of para-hydroxylation sites is 1. The molecule has 0 radical (unpaired) electrons. The summed E-state index contributed by atoms with van der Waals surface area (Å²) in [5, 5.41) is 36.2. The molecule has 0 bridgehead atoms. The Hall–Kier alpha value is -2.68. The molecule has 3 rings (SSSR count).